The molecule has 0 bridgehead atoms. The molecule has 0 aliphatic carbocycles. The molecule has 0 unspecified atom stereocenters. The molecule has 0 radical (unpaired) electrons. The first-order valence-electron chi connectivity index (χ1n) is 6.82. The predicted molar refractivity (Wildman–Crippen MR) is 78.1 cm³/mol. The Bertz CT molecular complexity index is 573. The van der Waals surface area contributed by atoms with E-state index in [1.54, 1.807) is 38.1 Å². The Hall–Kier alpha value is -1.56. The average molecular weight is 296 g/mol. The van der Waals surface area contributed by atoms with Crippen molar-refractivity contribution in [2.24, 2.45) is 5.92 Å². The molecule has 1 heterocycles. The van der Waals surface area contributed by atoms with Gasteiger partial charge in [-0.05, 0) is 37.1 Å². The molecule has 0 saturated carbocycles. The minimum atomic E-state index is -3.76. The largest absolute Gasteiger partial charge is 0.372 e. The maximum absolute atomic E-state index is 12.0. The number of benzene rings is 1. The molecule has 0 aromatic heterocycles. The minimum absolute atomic E-state index is 0.120. The van der Waals surface area contributed by atoms with Crippen LogP contribution >= 0.6 is 0 Å². The van der Waals surface area contributed by atoms with Gasteiger partial charge in [0.1, 0.15) is 0 Å². The Morgan fingerprint density at radius 1 is 1.15 bits per heavy atom. The van der Waals surface area contributed by atoms with E-state index in [2.05, 4.69) is 9.62 Å². The summed E-state index contributed by atoms with van der Waals surface area (Å²) in [7, 11) is -3.76. The lowest BCUT2D eigenvalue weighted by atomic mass is 10.2. The van der Waals surface area contributed by atoms with E-state index in [4.69, 9.17) is 0 Å². The first-order chi connectivity index (χ1) is 9.40. The molecule has 1 amide bonds. The summed E-state index contributed by atoms with van der Waals surface area (Å²) in [5, 5.41) is 0. The molecule has 1 saturated heterocycles. The summed E-state index contributed by atoms with van der Waals surface area (Å²) < 4.78 is 26.1. The van der Waals surface area contributed by atoms with Gasteiger partial charge in [-0.2, -0.15) is 0 Å². The van der Waals surface area contributed by atoms with Crippen molar-refractivity contribution in [3.05, 3.63) is 24.3 Å². The second-order valence-corrected chi connectivity index (χ2v) is 6.99. The molecule has 1 aromatic carbocycles. The minimum Gasteiger partial charge on any atom is -0.372 e. The number of hydrogen-bond acceptors (Lipinski definition) is 4. The lowest BCUT2D eigenvalue weighted by Gasteiger charge is -2.17. The third-order valence-corrected chi connectivity index (χ3v) is 4.74. The Morgan fingerprint density at radius 2 is 1.70 bits per heavy atom. The van der Waals surface area contributed by atoms with Crippen molar-refractivity contribution >= 4 is 21.6 Å². The quantitative estimate of drug-likeness (QED) is 0.919. The monoisotopic (exact) mass is 296 g/mol. The zero-order valence-electron chi connectivity index (χ0n) is 11.8. The molecule has 20 heavy (non-hydrogen) atoms. The van der Waals surface area contributed by atoms with Gasteiger partial charge >= 0.3 is 0 Å². The van der Waals surface area contributed by atoms with Crippen molar-refractivity contribution in [1.82, 2.24) is 4.72 Å². The molecule has 6 heteroatoms. The fourth-order valence-corrected chi connectivity index (χ4v) is 3.23. The number of anilines is 1. The molecule has 1 N–H and O–H groups in total. The SMILES string of the molecule is CC(C)C(=O)NS(=O)(=O)c1ccc(N2CCCC2)cc1. The fraction of sp³-hybridized carbons (Fsp3) is 0.500. The van der Waals surface area contributed by atoms with Gasteiger partial charge in [0.15, 0.2) is 0 Å². The molecule has 1 aliphatic heterocycles. The van der Waals surface area contributed by atoms with Crippen molar-refractivity contribution in [3.63, 3.8) is 0 Å². The van der Waals surface area contributed by atoms with Crippen LogP contribution in [0.25, 0.3) is 0 Å². The molecule has 110 valence electrons. The Balaban J connectivity index is 2.14. The summed E-state index contributed by atoms with van der Waals surface area (Å²) in [5.41, 5.74) is 1.02. The zero-order chi connectivity index (χ0) is 14.8. The third-order valence-electron chi connectivity index (χ3n) is 3.38. The number of carbonyl (C=O) groups is 1. The van der Waals surface area contributed by atoms with Crippen molar-refractivity contribution in [1.29, 1.82) is 0 Å². The van der Waals surface area contributed by atoms with E-state index >= 15 is 0 Å². The lowest BCUT2D eigenvalue weighted by molar-refractivity contribution is -0.122. The van der Waals surface area contributed by atoms with Crippen LogP contribution in [0.5, 0.6) is 0 Å². The highest BCUT2D eigenvalue weighted by atomic mass is 32.2. The van der Waals surface area contributed by atoms with Gasteiger partial charge in [0.25, 0.3) is 10.0 Å². The first kappa shape index (κ1) is 14.8. The smallest absolute Gasteiger partial charge is 0.264 e. The average Bonchev–Trinajstić information content (AvgIpc) is 2.92. The molecule has 2 rings (SSSR count). The van der Waals surface area contributed by atoms with Crippen LogP contribution in [0, 0.1) is 5.92 Å². The van der Waals surface area contributed by atoms with Gasteiger partial charge in [-0.1, -0.05) is 13.8 Å². The van der Waals surface area contributed by atoms with Crippen molar-refractivity contribution < 1.29 is 13.2 Å². The van der Waals surface area contributed by atoms with E-state index in [0.29, 0.717) is 0 Å². The van der Waals surface area contributed by atoms with Crippen molar-refractivity contribution in [2.45, 2.75) is 31.6 Å². The zero-order valence-corrected chi connectivity index (χ0v) is 12.6. The van der Waals surface area contributed by atoms with E-state index in [-0.39, 0.29) is 10.8 Å². The van der Waals surface area contributed by atoms with Gasteiger partial charge in [0.2, 0.25) is 5.91 Å². The maximum atomic E-state index is 12.0. The molecule has 0 atom stereocenters. The second kappa shape index (κ2) is 5.83. The van der Waals surface area contributed by atoms with Crippen molar-refractivity contribution in [3.8, 4) is 0 Å². The van der Waals surface area contributed by atoms with Crippen LogP contribution in [-0.4, -0.2) is 27.4 Å². The normalized spacial score (nSPS) is 15.7. The summed E-state index contributed by atoms with van der Waals surface area (Å²) >= 11 is 0. The van der Waals surface area contributed by atoms with Crippen LogP contribution in [0.3, 0.4) is 0 Å². The number of sulfonamides is 1. The van der Waals surface area contributed by atoms with E-state index in [0.717, 1.165) is 18.8 Å². The van der Waals surface area contributed by atoms with Gasteiger partial charge < -0.3 is 4.90 Å². The highest BCUT2D eigenvalue weighted by molar-refractivity contribution is 7.90. The van der Waals surface area contributed by atoms with E-state index in [9.17, 15) is 13.2 Å². The van der Waals surface area contributed by atoms with E-state index in [1.165, 1.54) is 12.8 Å². The van der Waals surface area contributed by atoms with Crippen molar-refractivity contribution in [2.75, 3.05) is 18.0 Å². The summed E-state index contributed by atoms with van der Waals surface area (Å²) in [4.78, 5) is 13.9. The van der Waals surface area contributed by atoms with Gasteiger partial charge in [0.05, 0.1) is 4.90 Å². The molecule has 5 nitrogen and oxygen atoms in total. The van der Waals surface area contributed by atoms with Crippen LogP contribution in [0.15, 0.2) is 29.2 Å². The second-order valence-electron chi connectivity index (χ2n) is 5.31. The summed E-state index contributed by atoms with van der Waals surface area (Å²) in [5.74, 6) is -0.859. The molecule has 1 aromatic rings. The molecule has 1 aliphatic rings. The molecular weight excluding hydrogens is 276 g/mol. The van der Waals surface area contributed by atoms with Gasteiger partial charge in [-0.15, -0.1) is 0 Å². The number of nitrogens with zero attached hydrogens (tertiary/aromatic N) is 1. The third kappa shape index (κ3) is 3.30. The summed E-state index contributed by atoms with van der Waals surface area (Å²) in [6, 6.07) is 6.67. The van der Waals surface area contributed by atoms with Crippen LogP contribution in [0.2, 0.25) is 0 Å². The maximum Gasteiger partial charge on any atom is 0.264 e. The van der Waals surface area contributed by atoms with E-state index < -0.39 is 15.9 Å². The van der Waals surface area contributed by atoms with E-state index in [1.807, 2.05) is 0 Å². The molecule has 0 spiro atoms. The molecular formula is C14H20N2O3S. The van der Waals surface area contributed by atoms with Crippen LogP contribution in [-0.2, 0) is 14.8 Å². The summed E-state index contributed by atoms with van der Waals surface area (Å²) in [6.45, 7) is 5.33. The number of amides is 1. The fourth-order valence-electron chi connectivity index (χ4n) is 2.12. The van der Waals surface area contributed by atoms with Crippen LogP contribution in [0.4, 0.5) is 5.69 Å². The number of nitrogens with one attached hydrogen (secondary N) is 1. The summed E-state index contributed by atoms with van der Waals surface area (Å²) in [6.07, 6.45) is 2.34. The van der Waals surface area contributed by atoms with Gasteiger partial charge in [-0.25, -0.2) is 13.1 Å². The number of rotatable bonds is 4. The Kier molecular flexibility index (Phi) is 4.32. The Morgan fingerprint density at radius 3 is 2.20 bits per heavy atom. The standard InChI is InChI=1S/C14H20N2O3S/c1-11(2)14(17)15-20(18,19)13-7-5-12(6-8-13)16-9-3-4-10-16/h5-8,11H,3-4,9-10H2,1-2H3,(H,15,17). The number of hydrogen-bond donors (Lipinski definition) is 1. The van der Waals surface area contributed by atoms with Gasteiger partial charge in [-0.3, -0.25) is 4.79 Å². The highest BCUT2D eigenvalue weighted by Gasteiger charge is 2.20. The molecule has 1 fully saturated rings. The van der Waals surface area contributed by atoms with Crippen LogP contribution < -0.4 is 9.62 Å². The lowest BCUT2D eigenvalue weighted by Crippen LogP contribution is -2.33. The highest BCUT2D eigenvalue weighted by Crippen LogP contribution is 2.21. The predicted octanol–water partition coefficient (Wildman–Crippen LogP) is 1.75. The Labute approximate surface area is 120 Å². The van der Waals surface area contributed by atoms with Crippen LogP contribution in [0.1, 0.15) is 26.7 Å². The first-order valence-corrected chi connectivity index (χ1v) is 8.30. The van der Waals surface area contributed by atoms with Gasteiger partial charge in [0, 0.05) is 24.7 Å². The number of carbonyl (C=O) groups excluding carboxylic acids is 1. The topological polar surface area (TPSA) is 66.5 Å².